The van der Waals surface area contributed by atoms with Crippen LogP contribution in [0.15, 0.2) is 47.4 Å². The van der Waals surface area contributed by atoms with Crippen molar-refractivity contribution >= 4 is 21.7 Å². The van der Waals surface area contributed by atoms with Crippen LogP contribution in [0, 0.1) is 6.92 Å². The number of aromatic carboxylic acids is 1. The maximum Gasteiger partial charge on any atom is 0.335 e. The van der Waals surface area contributed by atoms with Gasteiger partial charge in [-0.25, -0.2) is 13.2 Å². The van der Waals surface area contributed by atoms with Crippen LogP contribution in [0.4, 0.5) is 5.69 Å². The number of carboxylic acid groups (broad SMARTS) is 1. The Labute approximate surface area is 147 Å². The molecule has 0 aliphatic rings. The van der Waals surface area contributed by atoms with Gasteiger partial charge in [0.15, 0.2) is 0 Å². The van der Waals surface area contributed by atoms with Gasteiger partial charge in [0.1, 0.15) is 5.75 Å². The molecule has 2 N–H and O–H groups in total. The highest BCUT2D eigenvalue weighted by molar-refractivity contribution is 7.92. The first-order valence-electron chi connectivity index (χ1n) is 7.93. The first-order valence-corrected chi connectivity index (χ1v) is 9.41. The summed E-state index contributed by atoms with van der Waals surface area (Å²) in [4.78, 5) is 11.0. The quantitative estimate of drug-likeness (QED) is 0.698. The van der Waals surface area contributed by atoms with Crippen molar-refractivity contribution < 1.29 is 23.1 Å². The zero-order valence-corrected chi connectivity index (χ0v) is 15.0. The number of anilines is 1. The van der Waals surface area contributed by atoms with Crippen molar-refractivity contribution in [3.8, 4) is 5.75 Å². The van der Waals surface area contributed by atoms with E-state index in [-0.39, 0.29) is 10.5 Å². The molecule has 0 amide bonds. The first kappa shape index (κ1) is 18.8. The normalized spacial score (nSPS) is 11.1. The summed E-state index contributed by atoms with van der Waals surface area (Å²) in [7, 11) is -3.76. The third kappa shape index (κ3) is 4.96. The molecule has 0 bridgehead atoms. The molecule has 6 nitrogen and oxygen atoms in total. The highest BCUT2D eigenvalue weighted by atomic mass is 32.2. The van der Waals surface area contributed by atoms with E-state index in [1.807, 2.05) is 0 Å². The first-order chi connectivity index (χ1) is 11.8. The van der Waals surface area contributed by atoms with Gasteiger partial charge in [-0.2, -0.15) is 0 Å². The largest absolute Gasteiger partial charge is 0.493 e. The number of unbranched alkanes of at least 4 members (excludes halogenated alkanes) is 1. The number of carboxylic acids is 1. The minimum absolute atomic E-state index is 0.0902. The van der Waals surface area contributed by atoms with E-state index in [1.165, 1.54) is 30.3 Å². The van der Waals surface area contributed by atoms with Crippen LogP contribution in [0.3, 0.4) is 0 Å². The number of carbonyl (C=O) groups is 1. The van der Waals surface area contributed by atoms with E-state index in [0.717, 1.165) is 18.4 Å². The number of ether oxygens (including phenoxy) is 1. The Hall–Kier alpha value is -2.54. The molecule has 0 spiro atoms. The maximum absolute atomic E-state index is 12.5. The number of aryl methyl sites for hydroxylation is 1. The highest BCUT2D eigenvalue weighted by Crippen LogP contribution is 2.24. The molecule has 2 aromatic rings. The predicted octanol–water partition coefficient (Wildman–Crippen LogP) is 3.67. The van der Waals surface area contributed by atoms with E-state index in [2.05, 4.69) is 11.6 Å². The third-order valence-corrected chi connectivity index (χ3v) is 4.98. The molecule has 2 aromatic carbocycles. The minimum atomic E-state index is -3.76. The molecular formula is C18H21NO5S. The van der Waals surface area contributed by atoms with E-state index in [0.29, 0.717) is 18.0 Å². The minimum Gasteiger partial charge on any atom is -0.493 e. The molecule has 0 radical (unpaired) electrons. The Bertz CT molecular complexity index is 844. The summed E-state index contributed by atoms with van der Waals surface area (Å²) in [5, 5.41) is 8.87. The molecule has 0 aliphatic carbocycles. The van der Waals surface area contributed by atoms with Crippen molar-refractivity contribution in [2.75, 3.05) is 11.3 Å². The smallest absolute Gasteiger partial charge is 0.335 e. The van der Waals surface area contributed by atoms with E-state index >= 15 is 0 Å². The summed E-state index contributed by atoms with van der Waals surface area (Å²) >= 11 is 0. The molecule has 0 aromatic heterocycles. The van der Waals surface area contributed by atoms with Crippen LogP contribution in [-0.4, -0.2) is 26.1 Å². The lowest BCUT2D eigenvalue weighted by molar-refractivity contribution is 0.0697. The third-order valence-electron chi connectivity index (χ3n) is 3.60. The van der Waals surface area contributed by atoms with Gasteiger partial charge < -0.3 is 9.84 Å². The molecule has 0 heterocycles. The van der Waals surface area contributed by atoms with Gasteiger partial charge in [-0.15, -0.1) is 0 Å². The zero-order chi connectivity index (χ0) is 18.4. The van der Waals surface area contributed by atoms with Crippen molar-refractivity contribution in [3.05, 3.63) is 53.6 Å². The highest BCUT2D eigenvalue weighted by Gasteiger charge is 2.16. The van der Waals surface area contributed by atoms with E-state index in [9.17, 15) is 13.2 Å². The second-order valence-corrected chi connectivity index (χ2v) is 7.30. The van der Waals surface area contributed by atoms with Crippen LogP contribution in [0.2, 0.25) is 0 Å². The van der Waals surface area contributed by atoms with Crippen LogP contribution in [-0.2, 0) is 10.0 Å². The summed E-state index contributed by atoms with van der Waals surface area (Å²) < 4.78 is 33.0. The fourth-order valence-corrected chi connectivity index (χ4v) is 3.32. The van der Waals surface area contributed by atoms with Crippen molar-refractivity contribution in [1.82, 2.24) is 0 Å². The maximum atomic E-state index is 12.5. The van der Waals surface area contributed by atoms with Gasteiger partial charge in [0.05, 0.1) is 17.1 Å². The fraction of sp³-hybridized carbons (Fsp3) is 0.278. The van der Waals surface area contributed by atoms with Gasteiger partial charge in [0.2, 0.25) is 0 Å². The molecule has 0 atom stereocenters. The second kappa shape index (κ2) is 8.02. The standard InChI is InChI=1S/C18H21NO5S/c1-3-4-11-24-17-10-9-16(12-13(17)2)25(22,23)19-15-7-5-14(6-8-15)18(20)21/h5-10,12,19H,3-4,11H2,1-2H3,(H,20,21). The van der Waals surface area contributed by atoms with E-state index < -0.39 is 16.0 Å². The average Bonchev–Trinajstić information content (AvgIpc) is 2.56. The molecular weight excluding hydrogens is 342 g/mol. The lowest BCUT2D eigenvalue weighted by atomic mass is 10.2. The molecule has 7 heteroatoms. The van der Waals surface area contributed by atoms with Gasteiger partial charge in [-0.05, 0) is 61.4 Å². The fourth-order valence-electron chi connectivity index (χ4n) is 2.17. The number of hydrogen-bond acceptors (Lipinski definition) is 4. The number of benzene rings is 2. The lowest BCUT2D eigenvalue weighted by Gasteiger charge is -2.12. The van der Waals surface area contributed by atoms with Crippen molar-refractivity contribution in [2.45, 2.75) is 31.6 Å². The van der Waals surface area contributed by atoms with Crippen LogP contribution >= 0.6 is 0 Å². The molecule has 0 unspecified atom stereocenters. The summed E-state index contributed by atoms with van der Waals surface area (Å²) in [6.07, 6.45) is 1.96. The molecule has 2 rings (SSSR count). The Balaban J connectivity index is 2.15. The summed E-state index contributed by atoms with van der Waals surface area (Å²) in [6, 6.07) is 10.2. The zero-order valence-electron chi connectivity index (χ0n) is 14.2. The number of hydrogen-bond donors (Lipinski definition) is 2. The van der Waals surface area contributed by atoms with Gasteiger partial charge in [-0.1, -0.05) is 13.3 Å². The summed E-state index contributed by atoms with van der Waals surface area (Å²) in [5.41, 5.74) is 1.12. The Morgan fingerprint density at radius 3 is 2.40 bits per heavy atom. The van der Waals surface area contributed by atoms with Crippen LogP contribution in [0.25, 0.3) is 0 Å². The Morgan fingerprint density at radius 1 is 1.16 bits per heavy atom. The number of rotatable bonds is 8. The van der Waals surface area contributed by atoms with E-state index in [4.69, 9.17) is 9.84 Å². The summed E-state index contributed by atoms with van der Waals surface area (Å²) in [5.74, 6) is -0.401. The molecule has 0 saturated heterocycles. The molecule has 0 fully saturated rings. The van der Waals surface area contributed by atoms with Crippen LogP contribution in [0.5, 0.6) is 5.75 Å². The van der Waals surface area contributed by atoms with E-state index in [1.54, 1.807) is 19.1 Å². The second-order valence-electron chi connectivity index (χ2n) is 5.62. The number of sulfonamides is 1. The predicted molar refractivity (Wildman–Crippen MR) is 95.8 cm³/mol. The monoisotopic (exact) mass is 363 g/mol. The van der Waals surface area contributed by atoms with Crippen LogP contribution < -0.4 is 9.46 Å². The van der Waals surface area contributed by atoms with Crippen molar-refractivity contribution in [2.24, 2.45) is 0 Å². The molecule has 25 heavy (non-hydrogen) atoms. The van der Waals surface area contributed by atoms with Gasteiger partial charge in [-0.3, -0.25) is 4.72 Å². The SMILES string of the molecule is CCCCOc1ccc(S(=O)(=O)Nc2ccc(C(=O)O)cc2)cc1C. The Kier molecular flexibility index (Phi) is 6.03. The van der Waals surface area contributed by atoms with Gasteiger partial charge in [0.25, 0.3) is 10.0 Å². The Morgan fingerprint density at radius 2 is 1.84 bits per heavy atom. The van der Waals surface area contributed by atoms with Crippen molar-refractivity contribution in [1.29, 1.82) is 0 Å². The average molecular weight is 363 g/mol. The molecule has 0 saturated carbocycles. The lowest BCUT2D eigenvalue weighted by Crippen LogP contribution is -2.13. The van der Waals surface area contributed by atoms with Crippen LogP contribution in [0.1, 0.15) is 35.7 Å². The number of nitrogens with one attached hydrogen (secondary N) is 1. The van der Waals surface area contributed by atoms with Gasteiger partial charge >= 0.3 is 5.97 Å². The molecule has 134 valence electrons. The van der Waals surface area contributed by atoms with Gasteiger partial charge in [0, 0.05) is 5.69 Å². The van der Waals surface area contributed by atoms with Crippen molar-refractivity contribution in [3.63, 3.8) is 0 Å². The summed E-state index contributed by atoms with van der Waals surface area (Å²) in [6.45, 7) is 4.46. The molecule has 0 aliphatic heterocycles. The topological polar surface area (TPSA) is 92.7 Å².